The van der Waals surface area contributed by atoms with Crippen LogP contribution in [0.3, 0.4) is 0 Å². The van der Waals surface area contributed by atoms with E-state index in [1.54, 1.807) is 12.1 Å². The molecule has 2 rings (SSSR count). The van der Waals surface area contributed by atoms with Crippen LogP contribution in [0.25, 0.3) is 11.5 Å². The number of ether oxygens (including phenoxy) is 1. The van der Waals surface area contributed by atoms with Gasteiger partial charge < -0.3 is 14.4 Å². The first-order valence-corrected chi connectivity index (χ1v) is 6.67. The fourth-order valence-electron chi connectivity index (χ4n) is 1.43. The maximum Gasteiger partial charge on any atom is 0.258 e. The van der Waals surface area contributed by atoms with Crippen molar-refractivity contribution in [3.63, 3.8) is 0 Å². The lowest BCUT2D eigenvalue weighted by Gasteiger charge is -1.98. The Bertz CT molecular complexity index is 528. The second-order valence-corrected chi connectivity index (χ2v) is 4.79. The van der Waals surface area contributed by atoms with Gasteiger partial charge in [-0.25, -0.2) is 0 Å². The number of phenolic OH excluding ortho intramolecular Hbond substituents is 1. The van der Waals surface area contributed by atoms with Crippen LogP contribution in [0.2, 0.25) is 0 Å². The number of benzene rings is 1. The molecule has 0 fully saturated rings. The molecule has 0 aliphatic carbocycles. The van der Waals surface area contributed by atoms with Gasteiger partial charge in [0.25, 0.3) is 5.89 Å². The molecule has 1 N–H and O–H groups in total. The molecule has 0 aliphatic rings. The Balaban J connectivity index is 2.11. The maximum atomic E-state index is 9.62. The number of aromatic nitrogens is 2. The van der Waals surface area contributed by atoms with Crippen LogP contribution in [-0.2, 0) is 11.2 Å². The fraction of sp³-hybridized carbons (Fsp3) is 0.333. The first kappa shape index (κ1) is 13.3. The lowest BCUT2D eigenvalue weighted by molar-refractivity contribution is 0.149. The van der Waals surface area contributed by atoms with E-state index in [1.807, 2.05) is 13.0 Å². The Morgan fingerprint density at radius 1 is 1.44 bits per heavy atom. The first-order chi connectivity index (χ1) is 8.70. The van der Waals surface area contributed by atoms with Gasteiger partial charge in [0.1, 0.15) is 5.75 Å². The highest BCUT2D eigenvalue weighted by atomic mass is 127. The van der Waals surface area contributed by atoms with Crippen molar-refractivity contribution in [1.29, 1.82) is 0 Å². The summed E-state index contributed by atoms with van der Waals surface area (Å²) in [6.07, 6.45) is 0.619. The molecule has 0 aliphatic heterocycles. The van der Waals surface area contributed by atoms with Crippen LogP contribution in [0.1, 0.15) is 12.7 Å². The van der Waals surface area contributed by atoms with Gasteiger partial charge >= 0.3 is 0 Å². The number of halogens is 1. The highest BCUT2D eigenvalue weighted by molar-refractivity contribution is 14.1. The molecule has 0 spiro atoms. The van der Waals surface area contributed by atoms with Crippen LogP contribution in [0.15, 0.2) is 22.7 Å². The van der Waals surface area contributed by atoms with E-state index >= 15 is 0 Å². The Hall–Kier alpha value is -1.15. The molecule has 2 aromatic rings. The molecule has 1 aromatic carbocycles. The third-order valence-electron chi connectivity index (χ3n) is 2.34. The quantitative estimate of drug-likeness (QED) is 0.656. The summed E-state index contributed by atoms with van der Waals surface area (Å²) in [5, 5.41) is 13.5. The molecular formula is C12H13IN2O3. The number of hydrogen-bond donors (Lipinski definition) is 1. The summed E-state index contributed by atoms with van der Waals surface area (Å²) in [4.78, 5) is 4.25. The van der Waals surface area contributed by atoms with Crippen LogP contribution in [0.5, 0.6) is 5.75 Å². The summed E-state index contributed by atoms with van der Waals surface area (Å²) in [6, 6.07) is 5.25. The molecule has 0 bridgehead atoms. The van der Waals surface area contributed by atoms with Gasteiger partial charge in [-0.1, -0.05) is 5.16 Å². The zero-order valence-corrected chi connectivity index (χ0v) is 12.0. The zero-order chi connectivity index (χ0) is 13.0. The average molecular weight is 360 g/mol. The van der Waals surface area contributed by atoms with Gasteiger partial charge in [0.05, 0.1) is 10.2 Å². The van der Waals surface area contributed by atoms with E-state index in [9.17, 15) is 5.11 Å². The van der Waals surface area contributed by atoms with Crippen LogP contribution in [0.4, 0.5) is 0 Å². The van der Waals surface area contributed by atoms with Crippen molar-refractivity contribution in [2.24, 2.45) is 0 Å². The monoisotopic (exact) mass is 360 g/mol. The Kier molecular flexibility index (Phi) is 4.54. The molecule has 0 radical (unpaired) electrons. The number of nitrogens with zero attached hydrogens (tertiary/aromatic N) is 2. The largest absolute Gasteiger partial charge is 0.507 e. The lowest BCUT2D eigenvalue weighted by Crippen LogP contribution is -1.99. The van der Waals surface area contributed by atoms with Gasteiger partial charge in [0.2, 0.25) is 0 Å². The predicted octanol–water partition coefficient (Wildman–Crippen LogP) is 2.63. The summed E-state index contributed by atoms with van der Waals surface area (Å²) >= 11 is 2.05. The summed E-state index contributed by atoms with van der Waals surface area (Å²) in [6.45, 7) is 3.19. The summed E-state index contributed by atoms with van der Waals surface area (Å²) < 4.78 is 11.2. The number of hydrogen-bond acceptors (Lipinski definition) is 5. The van der Waals surface area contributed by atoms with Gasteiger partial charge in [-0.3, -0.25) is 0 Å². The summed E-state index contributed by atoms with van der Waals surface area (Å²) in [7, 11) is 0. The summed E-state index contributed by atoms with van der Waals surface area (Å²) in [5.41, 5.74) is 0.711. The summed E-state index contributed by atoms with van der Waals surface area (Å²) in [5.74, 6) is 1.23. The second-order valence-electron chi connectivity index (χ2n) is 3.63. The van der Waals surface area contributed by atoms with Crippen LogP contribution >= 0.6 is 22.6 Å². The minimum atomic E-state index is 0.210. The molecule has 5 nitrogen and oxygen atoms in total. The predicted molar refractivity (Wildman–Crippen MR) is 74.3 cm³/mol. The minimum Gasteiger partial charge on any atom is -0.507 e. The van der Waals surface area contributed by atoms with Crippen LogP contribution < -0.4 is 0 Å². The van der Waals surface area contributed by atoms with Gasteiger partial charge in [-0.05, 0) is 47.7 Å². The minimum absolute atomic E-state index is 0.210. The van der Waals surface area contributed by atoms with Gasteiger partial charge in [0.15, 0.2) is 5.82 Å². The number of aromatic hydroxyl groups is 1. The Morgan fingerprint density at radius 2 is 2.28 bits per heavy atom. The topological polar surface area (TPSA) is 68.4 Å². The van der Waals surface area contributed by atoms with Crippen LogP contribution in [-0.4, -0.2) is 28.5 Å². The standard InChI is InChI=1S/C12H13IN2O3/c1-2-17-6-5-11-14-12(18-15-11)8-3-4-9(13)10(16)7-8/h3-4,7,16H,2,5-6H2,1H3. The molecule has 6 heteroatoms. The fourth-order valence-corrected chi connectivity index (χ4v) is 1.76. The zero-order valence-electron chi connectivity index (χ0n) is 9.89. The van der Waals surface area contributed by atoms with E-state index in [4.69, 9.17) is 9.26 Å². The van der Waals surface area contributed by atoms with Crippen molar-refractivity contribution in [2.45, 2.75) is 13.3 Å². The third kappa shape index (κ3) is 3.20. The van der Waals surface area contributed by atoms with E-state index in [0.717, 1.165) is 3.57 Å². The van der Waals surface area contributed by atoms with Crippen molar-refractivity contribution >= 4 is 22.6 Å². The van der Waals surface area contributed by atoms with Crippen molar-refractivity contribution in [2.75, 3.05) is 13.2 Å². The molecule has 1 aromatic heterocycles. The van der Waals surface area contributed by atoms with Gasteiger partial charge in [0, 0.05) is 18.6 Å². The van der Waals surface area contributed by atoms with Crippen molar-refractivity contribution in [1.82, 2.24) is 10.1 Å². The Morgan fingerprint density at radius 3 is 3.00 bits per heavy atom. The molecule has 0 saturated heterocycles. The SMILES string of the molecule is CCOCCc1noc(-c2ccc(I)c(O)c2)n1. The third-order valence-corrected chi connectivity index (χ3v) is 3.25. The molecule has 1 heterocycles. The first-order valence-electron chi connectivity index (χ1n) is 5.60. The van der Waals surface area contributed by atoms with E-state index in [0.29, 0.717) is 36.9 Å². The molecule has 18 heavy (non-hydrogen) atoms. The highest BCUT2D eigenvalue weighted by Crippen LogP contribution is 2.26. The van der Waals surface area contributed by atoms with Gasteiger partial charge in [-0.15, -0.1) is 0 Å². The van der Waals surface area contributed by atoms with E-state index in [-0.39, 0.29) is 5.75 Å². The lowest BCUT2D eigenvalue weighted by atomic mass is 10.2. The molecule has 0 saturated carbocycles. The molecular weight excluding hydrogens is 347 g/mol. The normalized spacial score (nSPS) is 10.8. The van der Waals surface area contributed by atoms with E-state index in [2.05, 4.69) is 32.7 Å². The Labute approximate surface area is 118 Å². The second kappa shape index (κ2) is 6.14. The van der Waals surface area contributed by atoms with Crippen molar-refractivity contribution < 1.29 is 14.4 Å². The molecule has 0 atom stereocenters. The molecule has 0 unspecified atom stereocenters. The number of rotatable bonds is 5. The van der Waals surface area contributed by atoms with Crippen molar-refractivity contribution in [3.8, 4) is 17.2 Å². The maximum absolute atomic E-state index is 9.62. The highest BCUT2D eigenvalue weighted by Gasteiger charge is 2.10. The van der Waals surface area contributed by atoms with E-state index in [1.165, 1.54) is 0 Å². The molecule has 96 valence electrons. The smallest absolute Gasteiger partial charge is 0.258 e. The van der Waals surface area contributed by atoms with E-state index < -0.39 is 0 Å². The average Bonchev–Trinajstić information content (AvgIpc) is 2.82. The van der Waals surface area contributed by atoms with Crippen molar-refractivity contribution in [3.05, 3.63) is 27.6 Å². The molecule has 0 amide bonds. The van der Waals surface area contributed by atoms with Gasteiger partial charge in [-0.2, -0.15) is 4.98 Å². The van der Waals surface area contributed by atoms with Crippen LogP contribution in [0, 0.1) is 3.57 Å². The number of phenols is 1.